The zero-order chi connectivity index (χ0) is 9.42. The number of halogens is 1. The SMILES string of the molecule is Nc1c(O)c(F)cc2c1OCOC2. The molecule has 0 atom stereocenters. The van der Waals surface area contributed by atoms with Crippen molar-refractivity contribution in [1.29, 1.82) is 0 Å². The number of rotatable bonds is 0. The average Bonchev–Trinajstić information content (AvgIpc) is 2.15. The molecule has 0 saturated heterocycles. The second-order valence-corrected chi connectivity index (χ2v) is 2.72. The first-order valence-electron chi connectivity index (χ1n) is 3.70. The molecule has 70 valence electrons. The monoisotopic (exact) mass is 185 g/mol. The van der Waals surface area contributed by atoms with E-state index in [1.54, 1.807) is 0 Å². The van der Waals surface area contributed by atoms with E-state index in [2.05, 4.69) is 0 Å². The van der Waals surface area contributed by atoms with E-state index in [1.165, 1.54) is 0 Å². The molecule has 1 aromatic carbocycles. The van der Waals surface area contributed by atoms with Crippen molar-refractivity contribution in [3.8, 4) is 11.5 Å². The molecule has 0 spiro atoms. The molecule has 0 amide bonds. The number of nitrogen functional groups attached to an aromatic ring is 1. The lowest BCUT2D eigenvalue weighted by atomic mass is 10.1. The number of hydrogen-bond donors (Lipinski definition) is 2. The molecule has 0 aromatic heterocycles. The Morgan fingerprint density at radius 1 is 1.54 bits per heavy atom. The Morgan fingerprint density at radius 2 is 2.31 bits per heavy atom. The van der Waals surface area contributed by atoms with Crippen LogP contribution < -0.4 is 10.5 Å². The van der Waals surface area contributed by atoms with Crippen molar-refractivity contribution in [2.75, 3.05) is 12.5 Å². The van der Waals surface area contributed by atoms with Crippen LogP contribution in [0.2, 0.25) is 0 Å². The van der Waals surface area contributed by atoms with Crippen molar-refractivity contribution in [3.05, 3.63) is 17.4 Å². The topological polar surface area (TPSA) is 64.7 Å². The van der Waals surface area contributed by atoms with E-state index in [0.717, 1.165) is 6.07 Å². The number of phenolic OH excluding ortho intramolecular Hbond substituents is 1. The summed E-state index contributed by atoms with van der Waals surface area (Å²) in [5, 5.41) is 9.14. The van der Waals surface area contributed by atoms with Gasteiger partial charge < -0.3 is 20.3 Å². The molecule has 5 heteroatoms. The summed E-state index contributed by atoms with van der Waals surface area (Å²) in [5.41, 5.74) is 5.88. The van der Waals surface area contributed by atoms with Gasteiger partial charge in [0, 0.05) is 5.56 Å². The third-order valence-electron chi connectivity index (χ3n) is 1.86. The molecular formula is C8H8FNO3. The molecule has 0 unspecified atom stereocenters. The van der Waals surface area contributed by atoms with Crippen molar-refractivity contribution in [2.45, 2.75) is 6.61 Å². The van der Waals surface area contributed by atoms with Crippen LogP contribution in [0.3, 0.4) is 0 Å². The Hall–Kier alpha value is -1.49. The van der Waals surface area contributed by atoms with Gasteiger partial charge in [0.1, 0.15) is 5.69 Å². The third kappa shape index (κ3) is 1.17. The number of aromatic hydroxyl groups is 1. The lowest BCUT2D eigenvalue weighted by Crippen LogP contribution is -2.13. The Bertz CT molecular complexity index is 354. The first kappa shape index (κ1) is 8.12. The first-order valence-corrected chi connectivity index (χ1v) is 3.70. The van der Waals surface area contributed by atoms with Gasteiger partial charge in [-0.1, -0.05) is 0 Å². The van der Waals surface area contributed by atoms with Gasteiger partial charge in [0.05, 0.1) is 6.61 Å². The molecule has 1 heterocycles. The van der Waals surface area contributed by atoms with Crippen LogP contribution in [0.1, 0.15) is 5.56 Å². The Balaban J connectivity index is 2.60. The number of anilines is 1. The molecule has 0 aliphatic carbocycles. The summed E-state index contributed by atoms with van der Waals surface area (Å²) >= 11 is 0. The van der Waals surface area contributed by atoms with Gasteiger partial charge in [-0.25, -0.2) is 4.39 Å². The van der Waals surface area contributed by atoms with Crippen molar-refractivity contribution >= 4 is 5.69 Å². The van der Waals surface area contributed by atoms with Crippen molar-refractivity contribution < 1.29 is 19.0 Å². The smallest absolute Gasteiger partial charge is 0.189 e. The van der Waals surface area contributed by atoms with Crippen LogP contribution in [0.15, 0.2) is 6.07 Å². The number of benzene rings is 1. The molecule has 1 aromatic rings. The van der Waals surface area contributed by atoms with Crippen LogP contribution in [0.5, 0.6) is 11.5 Å². The molecule has 0 radical (unpaired) electrons. The number of nitrogens with two attached hydrogens (primary N) is 1. The highest BCUT2D eigenvalue weighted by molar-refractivity contribution is 5.66. The Labute approximate surface area is 73.7 Å². The average molecular weight is 185 g/mol. The van der Waals surface area contributed by atoms with Crippen molar-refractivity contribution in [2.24, 2.45) is 0 Å². The van der Waals surface area contributed by atoms with Crippen molar-refractivity contribution in [1.82, 2.24) is 0 Å². The number of hydrogen-bond acceptors (Lipinski definition) is 4. The summed E-state index contributed by atoms with van der Waals surface area (Å²) in [6, 6.07) is 1.15. The predicted octanol–water partition coefficient (Wildman–Crippen LogP) is 0.980. The molecule has 13 heavy (non-hydrogen) atoms. The normalized spacial score (nSPS) is 14.8. The van der Waals surface area contributed by atoms with Gasteiger partial charge in [0.15, 0.2) is 24.1 Å². The molecule has 3 N–H and O–H groups in total. The maximum Gasteiger partial charge on any atom is 0.189 e. The summed E-state index contributed by atoms with van der Waals surface area (Å²) in [6.45, 7) is 0.318. The van der Waals surface area contributed by atoms with Crippen LogP contribution in [0, 0.1) is 5.82 Å². The van der Waals surface area contributed by atoms with Gasteiger partial charge in [-0.2, -0.15) is 0 Å². The van der Waals surface area contributed by atoms with Gasteiger partial charge in [-0.05, 0) is 6.07 Å². The fraction of sp³-hybridized carbons (Fsp3) is 0.250. The molecule has 0 bridgehead atoms. The Morgan fingerprint density at radius 3 is 3.08 bits per heavy atom. The van der Waals surface area contributed by atoms with E-state index in [4.69, 9.17) is 20.3 Å². The van der Waals surface area contributed by atoms with Gasteiger partial charge in [-0.15, -0.1) is 0 Å². The van der Waals surface area contributed by atoms with E-state index in [-0.39, 0.29) is 19.1 Å². The minimum absolute atomic E-state index is 0.0710. The fourth-order valence-corrected chi connectivity index (χ4v) is 1.23. The van der Waals surface area contributed by atoms with Crippen LogP contribution in [-0.4, -0.2) is 11.9 Å². The van der Waals surface area contributed by atoms with Gasteiger partial charge >= 0.3 is 0 Å². The maximum atomic E-state index is 12.9. The summed E-state index contributed by atoms with van der Waals surface area (Å²) in [5.74, 6) is -1.02. The van der Waals surface area contributed by atoms with E-state index < -0.39 is 11.6 Å². The second-order valence-electron chi connectivity index (χ2n) is 2.72. The van der Waals surface area contributed by atoms with Crippen molar-refractivity contribution in [3.63, 3.8) is 0 Å². The molecule has 0 saturated carbocycles. The molecule has 1 aliphatic rings. The van der Waals surface area contributed by atoms with Gasteiger partial charge in [-0.3, -0.25) is 0 Å². The summed E-state index contributed by atoms with van der Waals surface area (Å²) in [7, 11) is 0. The zero-order valence-corrected chi connectivity index (χ0v) is 6.71. The summed E-state index contributed by atoms with van der Waals surface area (Å²) < 4.78 is 22.9. The summed E-state index contributed by atoms with van der Waals surface area (Å²) in [4.78, 5) is 0. The van der Waals surface area contributed by atoms with E-state index >= 15 is 0 Å². The van der Waals surface area contributed by atoms with E-state index in [1.807, 2.05) is 0 Å². The number of ether oxygens (including phenoxy) is 2. The first-order chi connectivity index (χ1) is 6.20. The molecule has 0 fully saturated rings. The third-order valence-corrected chi connectivity index (χ3v) is 1.86. The minimum atomic E-state index is -0.759. The molecule has 2 rings (SSSR count). The summed E-state index contributed by atoms with van der Waals surface area (Å²) in [6.07, 6.45) is 0. The fourth-order valence-electron chi connectivity index (χ4n) is 1.23. The van der Waals surface area contributed by atoms with Gasteiger partial charge in [0.2, 0.25) is 0 Å². The number of phenols is 1. The van der Waals surface area contributed by atoms with E-state index in [0.29, 0.717) is 11.3 Å². The lowest BCUT2D eigenvalue weighted by molar-refractivity contribution is -0.0161. The van der Waals surface area contributed by atoms with Crippen LogP contribution in [-0.2, 0) is 11.3 Å². The molecular weight excluding hydrogens is 177 g/mol. The maximum absolute atomic E-state index is 12.9. The molecule has 4 nitrogen and oxygen atoms in total. The Kier molecular flexibility index (Phi) is 1.73. The minimum Gasteiger partial charge on any atom is -0.503 e. The van der Waals surface area contributed by atoms with E-state index in [9.17, 15) is 4.39 Å². The van der Waals surface area contributed by atoms with Crippen LogP contribution in [0.4, 0.5) is 10.1 Å². The van der Waals surface area contributed by atoms with Crippen LogP contribution in [0.25, 0.3) is 0 Å². The second kappa shape index (κ2) is 2.77. The van der Waals surface area contributed by atoms with Gasteiger partial charge in [0.25, 0.3) is 0 Å². The van der Waals surface area contributed by atoms with Crippen LogP contribution >= 0.6 is 0 Å². The number of fused-ring (bicyclic) bond motifs is 1. The zero-order valence-electron chi connectivity index (χ0n) is 6.71. The largest absolute Gasteiger partial charge is 0.503 e. The highest BCUT2D eigenvalue weighted by Gasteiger charge is 2.19. The quantitative estimate of drug-likeness (QED) is 0.467. The lowest BCUT2D eigenvalue weighted by Gasteiger charge is -2.19. The standard InChI is InChI=1S/C8H8FNO3/c9-5-1-4-2-12-3-13-8(4)6(10)7(5)11/h1,11H,2-3,10H2. The highest BCUT2D eigenvalue weighted by atomic mass is 19.1. The highest BCUT2D eigenvalue weighted by Crippen LogP contribution is 2.38. The predicted molar refractivity (Wildman–Crippen MR) is 42.8 cm³/mol. The molecule has 1 aliphatic heterocycles.